The van der Waals surface area contributed by atoms with Gasteiger partial charge in [-0.05, 0) is 26.0 Å². The van der Waals surface area contributed by atoms with Gasteiger partial charge in [-0.2, -0.15) is 0 Å². The van der Waals surface area contributed by atoms with Crippen molar-refractivity contribution >= 4 is 17.4 Å². The van der Waals surface area contributed by atoms with E-state index in [1.54, 1.807) is 6.20 Å². The summed E-state index contributed by atoms with van der Waals surface area (Å²) >= 11 is 0. The lowest BCUT2D eigenvalue weighted by molar-refractivity contribution is -0.121. The maximum Gasteiger partial charge on any atom is 0.221 e. The number of nitrogens with one attached hydrogen (secondary N) is 1. The fourth-order valence-corrected chi connectivity index (χ4v) is 2.44. The molecular formula is C15H25N5O. The van der Waals surface area contributed by atoms with Gasteiger partial charge < -0.3 is 16.0 Å². The molecule has 0 unspecified atom stereocenters. The second-order valence-corrected chi connectivity index (χ2v) is 5.75. The van der Waals surface area contributed by atoms with Crippen molar-refractivity contribution in [3.63, 3.8) is 0 Å². The lowest BCUT2D eigenvalue weighted by Gasteiger charge is -2.35. The Morgan fingerprint density at radius 3 is 2.62 bits per heavy atom. The minimum absolute atomic E-state index is 0.132. The van der Waals surface area contributed by atoms with Crippen molar-refractivity contribution in [1.29, 1.82) is 0 Å². The molecule has 0 aromatic carbocycles. The maximum absolute atomic E-state index is 11.6. The summed E-state index contributed by atoms with van der Waals surface area (Å²) in [5.74, 6) is 1.11. The van der Waals surface area contributed by atoms with Gasteiger partial charge >= 0.3 is 0 Å². The number of nitrogen functional groups attached to an aromatic ring is 1. The molecule has 2 rings (SSSR count). The summed E-state index contributed by atoms with van der Waals surface area (Å²) in [5.41, 5.74) is 6.34. The Hall–Kier alpha value is -1.82. The van der Waals surface area contributed by atoms with Crippen molar-refractivity contribution in [2.45, 2.75) is 26.3 Å². The summed E-state index contributed by atoms with van der Waals surface area (Å²) in [5, 5.41) is 2.92. The first-order valence-corrected chi connectivity index (χ1v) is 7.53. The van der Waals surface area contributed by atoms with Gasteiger partial charge in [0.2, 0.25) is 5.91 Å². The number of piperazine rings is 1. The smallest absolute Gasteiger partial charge is 0.221 e. The van der Waals surface area contributed by atoms with Crippen molar-refractivity contribution in [2.24, 2.45) is 0 Å². The van der Waals surface area contributed by atoms with E-state index in [4.69, 9.17) is 5.73 Å². The molecule has 0 saturated carbocycles. The number of carbonyl (C=O) groups excluding carboxylic acids is 1. The number of rotatable bonds is 5. The number of nitrogens with two attached hydrogens (primary N) is 1. The normalized spacial score (nSPS) is 16.2. The summed E-state index contributed by atoms with van der Waals surface area (Å²) in [4.78, 5) is 20.6. The van der Waals surface area contributed by atoms with Crippen molar-refractivity contribution in [2.75, 3.05) is 43.4 Å². The van der Waals surface area contributed by atoms with Gasteiger partial charge in [0.05, 0.1) is 11.9 Å². The van der Waals surface area contributed by atoms with Crippen molar-refractivity contribution in [3.8, 4) is 0 Å². The highest BCUT2D eigenvalue weighted by Crippen LogP contribution is 2.14. The fraction of sp³-hybridized carbons (Fsp3) is 0.600. The molecule has 116 valence electrons. The van der Waals surface area contributed by atoms with E-state index in [1.165, 1.54) is 0 Å². The van der Waals surface area contributed by atoms with Crippen LogP contribution in [0.3, 0.4) is 0 Å². The molecule has 1 aliphatic heterocycles. The first-order valence-electron chi connectivity index (χ1n) is 7.53. The Morgan fingerprint density at radius 2 is 2.05 bits per heavy atom. The molecule has 0 spiro atoms. The SMILES string of the molecule is CC(C)NC(=O)CCN1CCN(c2ccc(N)cn2)CC1. The minimum Gasteiger partial charge on any atom is -0.397 e. The number of amides is 1. The number of hydrogen-bond donors (Lipinski definition) is 2. The van der Waals surface area contributed by atoms with Crippen LogP contribution in [-0.4, -0.2) is 54.6 Å². The Kier molecular flexibility index (Phi) is 5.38. The summed E-state index contributed by atoms with van der Waals surface area (Å²) in [6, 6.07) is 4.05. The predicted molar refractivity (Wildman–Crippen MR) is 85.2 cm³/mol. The number of aromatic nitrogens is 1. The second-order valence-electron chi connectivity index (χ2n) is 5.75. The van der Waals surface area contributed by atoms with Gasteiger partial charge in [0.1, 0.15) is 5.82 Å². The van der Waals surface area contributed by atoms with Gasteiger partial charge in [-0.1, -0.05) is 0 Å². The molecule has 1 aromatic heterocycles. The van der Waals surface area contributed by atoms with Crippen LogP contribution in [0, 0.1) is 0 Å². The summed E-state index contributed by atoms with van der Waals surface area (Å²) in [7, 11) is 0. The summed E-state index contributed by atoms with van der Waals surface area (Å²) < 4.78 is 0. The molecule has 0 bridgehead atoms. The predicted octanol–water partition coefficient (Wildman–Crippen LogP) is 0.701. The third-order valence-electron chi connectivity index (χ3n) is 3.57. The third kappa shape index (κ3) is 4.90. The molecule has 6 heteroatoms. The highest BCUT2D eigenvalue weighted by molar-refractivity contribution is 5.76. The molecule has 3 N–H and O–H groups in total. The zero-order valence-electron chi connectivity index (χ0n) is 12.9. The minimum atomic E-state index is 0.132. The van der Waals surface area contributed by atoms with Crippen LogP contribution < -0.4 is 16.0 Å². The van der Waals surface area contributed by atoms with Crippen LogP contribution in [0.1, 0.15) is 20.3 Å². The van der Waals surface area contributed by atoms with E-state index < -0.39 is 0 Å². The molecule has 1 aromatic rings. The van der Waals surface area contributed by atoms with Gasteiger partial charge in [-0.15, -0.1) is 0 Å². The Morgan fingerprint density at radius 1 is 1.33 bits per heavy atom. The molecule has 1 saturated heterocycles. The lowest BCUT2D eigenvalue weighted by Crippen LogP contribution is -2.47. The van der Waals surface area contributed by atoms with Gasteiger partial charge in [-0.25, -0.2) is 4.98 Å². The van der Waals surface area contributed by atoms with Gasteiger partial charge in [-0.3, -0.25) is 9.69 Å². The Balaban J connectivity index is 1.73. The maximum atomic E-state index is 11.6. The van der Waals surface area contributed by atoms with E-state index in [0.717, 1.165) is 38.5 Å². The topological polar surface area (TPSA) is 74.5 Å². The lowest BCUT2D eigenvalue weighted by atomic mass is 10.2. The van der Waals surface area contributed by atoms with E-state index in [1.807, 2.05) is 26.0 Å². The van der Waals surface area contributed by atoms with E-state index >= 15 is 0 Å². The van der Waals surface area contributed by atoms with Crippen LogP contribution in [-0.2, 0) is 4.79 Å². The number of anilines is 2. The van der Waals surface area contributed by atoms with Crippen LogP contribution in [0.5, 0.6) is 0 Å². The molecule has 21 heavy (non-hydrogen) atoms. The van der Waals surface area contributed by atoms with Crippen LogP contribution in [0.15, 0.2) is 18.3 Å². The van der Waals surface area contributed by atoms with E-state index in [-0.39, 0.29) is 11.9 Å². The van der Waals surface area contributed by atoms with Crippen LogP contribution >= 0.6 is 0 Å². The Bertz CT molecular complexity index is 452. The first kappa shape index (κ1) is 15.6. The quantitative estimate of drug-likeness (QED) is 0.835. The zero-order valence-corrected chi connectivity index (χ0v) is 12.9. The van der Waals surface area contributed by atoms with Gasteiger partial charge in [0.25, 0.3) is 0 Å². The fourth-order valence-electron chi connectivity index (χ4n) is 2.44. The molecule has 1 aliphatic rings. The number of carbonyl (C=O) groups is 1. The van der Waals surface area contributed by atoms with Crippen LogP contribution in [0.2, 0.25) is 0 Å². The number of nitrogens with zero attached hydrogens (tertiary/aromatic N) is 3. The molecule has 0 radical (unpaired) electrons. The standard InChI is InChI=1S/C15H25N5O/c1-12(2)18-15(21)5-6-19-7-9-20(10-8-19)14-4-3-13(16)11-17-14/h3-4,11-12H,5-10,16H2,1-2H3,(H,18,21). The van der Waals surface area contributed by atoms with Gasteiger partial charge in [0, 0.05) is 45.2 Å². The molecule has 1 fully saturated rings. The number of hydrogen-bond acceptors (Lipinski definition) is 5. The van der Waals surface area contributed by atoms with Crippen molar-refractivity contribution in [3.05, 3.63) is 18.3 Å². The Labute approximate surface area is 126 Å². The van der Waals surface area contributed by atoms with E-state index in [0.29, 0.717) is 12.1 Å². The van der Waals surface area contributed by atoms with E-state index in [9.17, 15) is 4.79 Å². The van der Waals surface area contributed by atoms with Crippen LogP contribution in [0.4, 0.5) is 11.5 Å². The van der Waals surface area contributed by atoms with E-state index in [2.05, 4.69) is 20.1 Å². The van der Waals surface area contributed by atoms with Gasteiger partial charge in [0.15, 0.2) is 0 Å². The monoisotopic (exact) mass is 291 g/mol. The molecule has 0 atom stereocenters. The molecule has 6 nitrogen and oxygen atoms in total. The largest absolute Gasteiger partial charge is 0.397 e. The molecule has 2 heterocycles. The summed E-state index contributed by atoms with van der Waals surface area (Å²) in [6.45, 7) is 8.57. The second kappa shape index (κ2) is 7.26. The highest BCUT2D eigenvalue weighted by atomic mass is 16.1. The first-order chi connectivity index (χ1) is 10.0. The average Bonchev–Trinajstić information content (AvgIpc) is 2.46. The average molecular weight is 291 g/mol. The van der Waals surface area contributed by atoms with Crippen LogP contribution in [0.25, 0.3) is 0 Å². The highest BCUT2D eigenvalue weighted by Gasteiger charge is 2.18. The van der Waals surface area contributed by atoms with Crippen molar-refractivity contribution in [1.82, 2.24) is 15.2 Å². The van der Waals surface area contributed by atoms with Crippen molar-refractivity contribution < 1.29 is 4.79 Å². The zero-order chi connectivity index (χ0) is 15.2. The molecule has 0 aliphatic carbocycles. The number of pyridine rings is 1. The molecule has 1 amide bonds. The molecular weight excluding hydrogens is 266 g/mol. The third-order valence-corrected chi connectivity index (χ3v) is 3.57. The summed E-state index contributed by atoms with van der Waals surface area (Å²) in [6.07, 6.45) is 2.26.